The maximum absolute atomic E-state index is 12.3. The Morgan fingerprint density at radius 2 is 1.63 bits per heavy atom. The molecular formula is C23H21NO3. The van der Waals surface area contributed by atoms with Crippen molar-refractivity contribution < 1.29 is 14.6 Å². The molecule has 0 radical (unpaired) electrons. The molecule has 1 aliphatic carbocycles. The number of aryl methyl sites for hydroxylation is 1. The van der Waals surface area contributed by atoms with Gasteiger partial charge in [0.1, 0.15) is 6.61 Å². The molecule has 0 spiro atoms. The lowest BCUT2D eigenvalue weighted by Crippen LogP contribution is -2.18. The molecule has 3 aromatic carbocycles. The van der Waals surface area contributed by atoms with Crippen LogP contribution in [-0.2, 0) is 11.3 Å². The van der Waals surface area contributed by atoms with E-state index in [4.69, 9.17) is 4.74 Å². The van der Waals surface area contributed by atoms with Crippen molar-refractivity contribution in [3.8, 4) is 11.1 Å². The number of rotatable bonds is 4. The summed E-state index contributed by atoms with van der Waals surface area (Å²) in [5, 5.41) is 12.1. The molecule has 0 saturated heterocycles. The van der Waals surface area contributed by atoms with Crippen molar-refractivity contribution in [2.75, 3.05) is 11.9 Å². The molecule has 0 heterocycles. The van der Waals surface area contributed by atoms with Gasteiger partial charge in [0.2, 0.25) is 0 Å². The van der Waals surface area contributed by atoms with Crippen LogP contribution in [0.15, 0.2) is 66.7 Å². The van der Waals surface area contributed by atoms with Crippen LogP contribution < -0.4 is 5.32 Å². The molecule has 0 aromatic heterocycles. The van der Waals surface area contributed by atoms with Crippen LogP contribution in [0.4, 0.5) is 10.5 Å². The molecule has 4 nitrogen and oxygen atoms in total. The summed E-state index contributed by atoms with van der Waals surface area (Å²) in [5.74, 6) is 0.0352. The number of hydrogen-bond donors (Lipinski definition) is 2. The zero-order valence-electron chi connectivity index (χ0n) is 15.1. The van der Waals surface area contributed by atoms with E-state index in [1.165, 1.54) is 22.3 Å². The van der Waals surface area contributed by atoms with E-state index in [2.05, 4.69) is 29.6 Å². The fraction of sp³-hybridized carbons (Fsp3) is 0.174. The lowest BCUT2D eigenvalue weighted by Gasteiger charge is -2.15. The standard InChI is InChI=1S/C23H21NO3/c1-15-10-11-16(13-25)12-22(15)24-23(26)27-14-21-19-8-4-2-6-17(19)18-7-3-5-9-20(18)21/h2-12,21,25H,13-14H2,1H3,(H,24,26). The minimum Gasteiger partial charge on any atom is -0.448 e. The van der Waals surface area contributed by atoms with Crippen LogP contribution in [-0.4, -0.2) is 17.8 Å². The van der Waals surface area contributed by atoms with Gasteiger partial charge in [0.25, 0.3) is 0 Å². The van der Waals surface area contributed by atoms with Gasteiger partial charge in [0, 0.05) is 11.6 Å². The summed E-state index contributed by atoms with van der Waals surface area (Å²) in [6, 6.07) is 22.0. The first kappa shape index (κ1) is 17.3. The Morgan fingerprint density at radius 1 is 1.00 bits per heavy atom. The molecule has 2 N–H and O–H groups in total. The lowest BCUT2D eigenvalue weighted by atomic mass is 9.98. The summed E-state index contributed by atoms with van der Waals surface area (Å²) in [6.45, 7) is 2.11. The average Bonchev–Trinajstić information content (AvgIpc) is 3.02. The highest BCUT2D eigenvalue weighted by atomic mass is 16.5. The topological polar surface area (TPSA) is 58.6 Å². The highest BCUT2D eigenvalue weighted by Gasteiger charge is 2.29. The number of carbonyl (C=O) groups excluding carboxylic acids is 1. The maximum atomic E-state index is 12.3. The third-order valence-corrected chi connectivity index (χ3v) is 5.06. The van der Waals surface area contributed by atoms with Crippen molar-refractivity contribution in [3.05, 3.63) is 89.0 Å². The second-order valence-corrected chi connectivity index (χ2v) is 6.76. The van der Waals surface area contributed by atoms with E-state index in [1.807, 2.05) is 43.3 Å². The smallest absolute Gasteiger partial charge is 0.411 e. The van der Waals surface area contributed by atoms with Crippen molar-refractivity contribution in [3.63, 3.8) is 0 Å². The Balaban J connectivity index is 1.50. The number of nitrogens with one attached hydrogen (secondary N) is 1. The van der Waals surface area contributed by atoms with Gasteiger partial charge < -0.3 is 9.84 Å². The van der Waals surface area contributed by atoms with Gasteiger partial charge in [-0.05, 0) is 46.4 Å². The Morgan fingerprint density at radius 3 is 2.26 bits per heavy atom. The summed E-state index contributed by atoms with van der Waals surface area (Å²) >= 11 is 0. The molecule has 0 unspecified atom stereocenters. The van der Waals surface area contributed by atoms with E-state index in [-0.39, 0.29) is 19.1 Å². The summed E-state index contributed by atoms with van der Waals surface area (Å²) in [7, 11) is 0. The van der Waals surface area contributed by atoms with Crippen molar-refractivity contribution in [2.45, 2.75) is 19.4 Å². The highest BCUT2D eigenvalue weighted by Crippen LogP contribution is 2.44. The molecular weight excluding hydrogens is 338 g/mol. The zero-order valence-corrected chi connectivity index (χ0v) is 15.1. The van der Waals surface area contributed by atoms with Crippen LogP contribution in [0.2, 0.25) is 0 Å². The van der Waals surface area contributed by atoms with Crippen LogP contribution >= 0.6 is 0 Å². The molecule has 0 fully saturated rings. The zero-order chi connectivity index (χ0) is 18.8. The second kappa shape index (κ2) is 7.25. The maximum Gasteiger partial charge on any atom is 0.411 e. The Bertz CT molecular complexity index is 951. The van der Waals surface area contributed by atoms with E-state index in [1.54, 1.807) is 6.07 Å². The number of aliphatic hydroxyl groups excluding tert-OH is 1. The largest absolute Gasteiger partial charge is 0.448 e. The first-order valence-electron chi connectivity index (χ1n) is 9.00. The van der Waals surface area contributed by atoms with Gasteiger partial charge in [-0.1, -0.05) is 60.7 Å². The van der Waals surface area contributed by atoms with Gasteiger partial charge in [0.15, 0.2) is 0 Å². The van der Waals surface area contributed by atoms with Crippen molar-refractivity contribution >= 4 is 11.8 Å². The quantitative estimate of drug-likeness (QED) is 0.700. The average molecular weight is 359 g/mol. The monoisotopic (exact) mass is 359 g/mol. The molecule has 0 saturated carbocycles. The number of ether oxygens (including phenoxy) is 1. The molecule has 1 aliphatic rings. The third kappa shape index (κ3) is 3.32. The molecule has 27 heavy (non-hydrogen) atoms. The molecule has 4 heteroatoms. The highest BCUT2D eigenvalue weighted by molar-refractivity contribution is 5.86. The van der Waals surface area contributed by atoms with Gasteiger partial charge in [-0.25, -0.2) is 4.79 Å². The van der Waals surface area contributed by atoms with Gasteiger partial charge in [-0.3, -0.25) is 5.32 Å². The number of fused-ring (bicyclic) bond motifs is 3. The summed E-state index contributed by atoms with van der Waals surface area (Å²) in [5.41, 5.74) is 7.09. The van der Waals surface area contributed by atoms with Gasteiger partial charge in [0.05, 0.1) is 6.61 Å². The van der Waals surface area contributed by atoms with E-state index in [0.29, 0.717) is 5.69 Å². The van der Waals surface area contributed by atoms with Crippen LogP contribution in [0.1, 0.15) is 28.2 Å². The van der Waals surface area contributed by atoms with Crippen LogP contribution in [0.5, 0.6) is 0 Å². The molecule has 0 bridgehead atoms. The number of carbonyl (C=O) groups is 1. The SMILES string of the molecule is Cc1ccc(CO)cc1NC(=O)OCC1c2ccccc2-c2ccccc21. The fourth-order valence-corrected chi connectivity index (χ4v) is 3.65. The van der Waals surface area contributed by atoms with Crippen LogP contribution in [0, 0.1) is 6.92 Å². The second-order valence-electron chi connectivity index (χ2n) is 6.76. The summed E-state index contributed by atoms with van der Waals surface area (Å²) in [4.78, 5) is 12.3. The van der Waals surface area contributed by atoms with Gasteiger partial charge in [-0.15, -0.1) is 0 Å². The van der Waals surface area contributed by atoms with Gasteiger partial charge >= 0.3 is 6.09 Å². The molecule has 3 aromatic rings. The number of hydrogen-bond acceptors (Lipinski definition) is 3. The minimum absolute atomic E-state index is 0.0352. The van der Waals surface area contributed by atoms with Crippen LogP contribution in [0.3, 0.4) is 0 Å². The predicted molar refractivity (Wildman–Crippen MR) is 106 cm³/mol. The number of aliphatic hydroxyl groups is 1. The number of amides is 1. The molecule has 4 rings (SSSR count). The van der Waals surface area contributed by atoms with E-state index in [0.717, 1.165) is 11.1 Å². The number of benzene rings is 3. The fourth-order valence-electron chi connectivity index (χ4n) is 3.65. The van der Waals surface area contributed by atoms with Gasteiger partial charge in [-0.2, -0.15) is 0 Å². The molecule has 136 valence electrons. The Labute approximate surface area is 158 Å². The lowest BCUT2D eigenvalue weighted by molar-refractivity contribution is 0.158. The third-order valence-electron chi connectivity index (χ3n) is 5.06. The van der Waals surface area contributed by atoms with Crippen molar-refractivity contribution in [1.29, 1.82) is 0 Å². The van der Waals surface area contributed by atoms with Crippen molar-refractivity contribution in [2.24, 2.45) is 0 Å². The predicted octanol–water partition coefficient (Wildman–Crippen LogP) is 4.85. The summed E-state index contributed by atoms with van der Waals surface area (Å²) in [6.07, 6.45) is -0.491. The van der Waals surface area contributed by atoms with E-state index in [9.17, 15) is 9.90 Å². The Kier molecular flexibility index (Phi) is 4.65. The first-order valence-corrected chi connectivity index (χ1v) is 9.00. The van der Waals surface area contributed by atoms with E-state index >= 15 is 0 Å². The van der Waals surface area contributed by atoms with Crippen LogP contribution in [0.25, 0.3) is 11.1 Å². The normalized spacial score (nSPS) is 12.4. The number of anilines is 1. The first-order chi connectivity index (χ1) is 13.2. The molecule has 0 atom stereocenters. The van der Waals surface area contributed by atoms with Crippen molar-refractivity contribution in [1.82, 2.24) is 0 Å². The summed E-state index contributed by atoms with van der Waals surface area (Å²) < 4.78 is 5.56. The Hall–Kier alpha value is -3.11. The molecule has 0 aliphatic heterocycles. The molecule has 1 amide bonds. The van der Waals surface area contributed by atoms with E-state index < -0.39 is 6.09 Å². The minimum atomic E-state index is -0.491.